The number of likely N-dealkylation sites (N-methyl/N-ethyl adjacent to an activating group) is 1. The third-order valence-electron chi connectivity index (χ3n) is 4.95. The molecule has 5 heteroatoms. The summed E-state index contributed by atoms with van der Waals surface area (Å²) < 4.78 is 0. The third kappa shape index (κ3) is 2.01. The molecule has 2 aliphatic heterocycles. The second kappa shape index (κ2) is 5.37. The number of rotatable bonds is 2. The van der Waals surface area contributed by atoms with Crippen LogP contribution in [0.5, 0.6) is 0 Å². The molecular formula is C19H19N3O2. The molecule has 0 saturated carbocycles. The molecule has 0 spiro atoms. The van der Waals surface area contributed by atoms with Gasteiger partial charge in [0.05, 0.1) is 17.4 Å². The van der Waals surface area contributed by atoms with Crippen molar-refractivity contribution >= 4 is 28.8 Å². The van der Waals surface area contributed by atoms with E-state index in [1.165, 1.54) is 6.92 Å². The molecule has 4 rings (SSSR count). The van der Waals surface area contributed by atoms with Gasteiger partial charge in [-0.15, -0.1) is 0 Å². The molecule has 3 atom stereocenters. The van der Waals surface area contributed by atoms with E-state index in [1.54, 1.807) is 4.90 Å². The molecule has 1 saturated heterocycles. The summed E-state index contributed by atoms with van der Waals surface area (Å²) in [6, 6.07) is 17.2. The van der Waals surface area contributed by atoms with E-state index in [1.807, 2.05) is 61.6 Å². The van der Waals surface area contributed by atoms with Gasteiger partial charge >= 0.3 is 0 Å². The number of amides is 1. The molecule has 2 aliphatic rings. The zero-order valence-electron chi connectivity index (χ0n) is 13.6. The summed E-state index contributed by atoms with van der Waals surface area (Å²) in [5.41, 5.74) is 2.79. The standard InChI is InChI=1S/C19H19N3O2/c1-12(23)16-17-18(20-14-10-6-7-11-15(14)21(17)2)22(19(16)24)13-8-4-3-5-9-13/h3-11,16-18,20H,1-2H3/t16?,17-,18+/m0/s1. The quantitative estimate of drug-likeness (QED) is 0.864. The van der Waals surface area contributed by atoms with E-state index in [0.717, 1.165) is 17.1 Å². The van der Waals surface area contributed by atoms with Crippen molar-refractivity contribution in [2.45, 2.75) is 19.1 Å². The number of nitrogens with zero attached hydrogens (tertiary/aromatic N) is 2. The van der Waals surface area contributed by atoms with E-state index >= 15 is 0 Å². The van der Waals surface area contributed by atoms with E-state index < -0.39 is 5.92 Å². The predicted octanol–water partition coefficient (Wildman–Crippen LogP) is 2.50. The van der Waals surface area contributed by atoms with E-state index in [2.05, 4.69) is 10.2 Å². The molecule has 122 valence electrons. The van der Waals surface area contributed by atoms with Gasteiger partial charge in [0.15, 0.2) is 0 Å². The lowest BCUT2D eigenvalue weighted by Gasteiger charge is -2.41. The number of carbonyl (C=O) groups is 2. The summed E-state index contributed by atoms with van der Waals surface area (Å²) in [5, 5.41) is 3.46. The number of Topliss-reactive ketones (excluding diaryl/α,β-unsaturated/α-hetero) is 1. The third-order valence-corrected chi connectivity index (χ3v) is 4.95. The van der Waals surface area contributed by atoms with Crippen LogP contribution in [-0.2, 0) is 9.59 Å². The molecule has 0 aliphatic carbocycles. The first kappa shape index (κ1) is 14.8. The lowest BCUT2D eigenvalue weighted by molar-refractivity contribution is -0.129. The minimum Gasteiger partial charge on any atom is -0.365 e. The first-order chi connectivity index (χ1) is 11.6. The van der Waals surface area contributed by atoms with Crippen molar-refractivity contribution in [3.8, 4) is 0 Å². The zero-order valence-corrected chi connectivity index (χ0v) is 13.6. The van der Waals surface area contributed by atoms with Crippen LogP contribution in [0.2, 0.25) is 0 Å². The Bertz CT molecular complexity index is 805. The number of ketones is 1. The van der Waals surface area contributed by atoms with Crippen LogP contribution >= 0.6 is 0 Å². The number of carbonyl (C=O) groups excluding carboxylic acids is 2. The van der Waals surface area contributed by atoms with Gasteiger partial charge in [0.1, 0.15) is 17.9 Å². The highest BCUT2D eigenvalue weighted by molar-refractivity contribution is 6.12. The molecule has 1 unspecified atom stereocenters. The van der Waals surface area contributed by atoms with Crippen molar-refractivity contribution in [3.63, 3.8) is 0 Å². The highest BCUT2D eigenvalue weighted by Crippen LogP contribution is 2.42. The summed E-state index contributed by atoms with van der Waals surface area (Å²) in [7, 11) is 1.95. The van der Waals surface area contributed by atoms with Gasteiger partial charge in [0.2, 0.25) is 5.91 Å². The summed E-state index contributed by atoms with van der Waals surface area (Å²) >= 11 is 0. The molecule has 0 bridgehead atoms. The van der Waals surface area contributed by atoms with Crippen molar-refractivity contribution in [2.24, 2.45) is 5.92 Å². The van der Waals surface area contributed by atoms with Crippen molar-refractivity contribution in [1.29, 1.82) is 0 Å². The summed E-state index contributed by atoms with van der Waals surface area (Å²) in [4.78, 5) is 29.1. The Kier molecular flexibility index (Phi) is 3.30. The maximum absolute atomic E-state index is 13.0. The smallest absolute Gasteiger partial charge is 0.241 e. The molecule has 2 aromatic carbocycles. The number of hydrogen-bond donors (Lipinski definition) is 1. The Morgan fingerprint density at radius 1 is 1.04 bits per heavy atom. The van der Waals surface area contributed by atoms with Crippen LogP contribution in [0.1, 0.15) is 6.92 Å². The van der Waals surface area contributed by atoms with Crippen LogP contribution in [0.4, 0.5) is 17.1 Å². The van der Waals surface area contributed by atoms with Crippen molar-refractivity contribution < 1.29 is 9.59 Å². The van der Waals surface area contributed by atoms with Gasteiger partial charge in [-0.3, -0.25) is 14.5 Å². The molecule has 0 radical (unpaired) electrons. The molecule has 0 aromatic heterocycles. The Morgan fingerprint density at radius 2 is 1.71 bits per heavy atom. The second-order valence-corrected chi connectivity index (χ2v) is 6.34. The van der Waals surface area contributed by atoms with Gasteiger partial charge in [-0.1, -0.05) is 30.3 Å². The van der Waals surface area contributed by atoms with Crippen LogP contribution < -0.4 is 15.1 Å². The van der Waals surface area contributed by atoms with Gasteiger partial charge in [0.25, 0.3) is 0 Å². The Labute approximate surface area is 140 Å². The minimum absolute atomic E-state index is 0.0959. The molecule has 2 aromatic rings. The van der Waals surface area contributed by atoms with Crippen molar-refractivity contribution in [1.82, 2.24) is 0 Å². The molecule has 5 nitrogen and oxygen atoms in total. The molecular weight excluding hydrogens is 302 g/mol. The highest BCUT2D eigenvalue weighted by atomic mass is 16.2. The average Bonchev–Trinajstić information content (AvgIpc) is 2.88. The van der Waals surface area contributed by atoms with Crippen LogP contribution in [0.15, 0.2) is 54.6 Å². The van der Waals surface area contributed by atoms with Crippen LogP contribution in [-0.4, -0.2) is 30.9 Å². The number of benzene rings is 2. The first-order valence-corrected chi connectivity index (χ1v) is 8.06. The van der Waals surface area contributed by atoms with Crippen molar-refractivity contribution in [2.75, 3.05) is 22.2 Å². The molecule has 2 heterocycles. The van der Waals surface area contributed by atoms with Gasteiger partial charge in [0, 0.05) is 12.7 Å². The van der Waals surface area contributed by atoms with Crippen LogP contribution in [0.25, 0.3) is 0 Å². The number of nitrogens with one attached hydrogen (secondary N) is 1. The lowest BCUT2D eigenvalue weighted by atomic mass is 9.94. The number of para-hydroxylation sites is 3. The number of anilines is 3. The summed E-state index contributed by atoms with van der Waals surface area (Å²) in [5.74, 6) is -0.904. The lowest BCUT2D eigenvalue weighted by Crippen LogP contribution is -2.54. The van der Waals surface area contributed by atoms with Crippen molar-refractivity contribution in [3.05, 3.63) is 54.6 Å². The van der Waals surface area contributed by atoms with Crippen LogP contribution in [0.3, 0.4) is 0 Å². The highest BCUT2D eigenvalue weighted by Gasteiger charge is 2.54. The van der Waals surface area contributed by atoms with Crippen LogP contribution in [0, 0.1) is 5.92 Å². The Balaban J connectivity index is 1.85. The SMILES string of the molecule is CC(=O)C1C(=O)N(c2ccccc2)[C@H]2Nc3ccccc3N(C)[C@@H]12. The maximum Gasteiger partial charge on any atom is 0.241 e. The minimum atomic E-state index is -0.666. The second-order valence-electron chi connectivity index (χ2n) is 6.34. The zero-order chi connectivity index (χ0) is 16.8. The fourth-order valence-corrected chi connectivity index (χ4v) is 3.87. The predicted molar refractivity (Wildman–Crippen MR) is 94.1 cm³/mol. The monoisotopic (exact) mass is 321 g/mol. The van der Waals surface area contributed by atoms with Gasteiger partial charge in [-0.2, -0.15) is 0 Å². The Hall–Kier alpha value is -2.82. The van der Waals surface area contributed by atoms with E-state index in [4.69, 9.17) is 0 Å². The molecule has 1 N–H and O–H groups in total. The Morgan fingerprint density at radius 3 is 2.42 bits per heavy atom. The fourth-order valence-electron chi connectivity index (χ4n) is 3.87. The molecule has 24 heavy (non-hydrogen) atoms. The number of fused-ring (bicyclic) bond motifs is 2. The van der Waals surface area contributed by atoms with E-state index in [-0.39, 0.29) is 23.9 Å². The largest absolute Gasteiger partial charge is 0.365 e. The maximum atomic E-state index is 13.0. The fraction of sp³-hybridized carbons (Fsp3) is 0.263. The molecule has 1 amide bonds. The van der Waals surface area contributed by atoms with Gasteiger partial charge < -0.3 is 10.2 Å². The van der Waals surface area contributed by atoms with E-state index in [0.29, 0.717) is 0 Å². The topological polar surface area (TPSA) is 52.7 Å². The van der Waals surface area contributed by atoms with Gasteiger partial charge in [-0.05, 0) is 31.2 Å². The normalized spacial score (nSPS) is 25.1. The average molecular weight is 321 g/mol. The first-order valence-electron chi connectivity index (χ1n) is 8.06. The summed E-state index contributed by atoms with van der Waals surface area (Å²) in [6.45, 7) is 1.50. The van der Waals surface area contributed by atoms with Gasteiger partial charge in [-0.25, -0.2) is 0 Å². The molecule has 1 fully saturated rings. The summed E-state index contributed by atoms with van der Waals surface area (Å²) in [6.07, 6.45) is -0.270. The number of hydrogen-bond acceptors (Lipinski definition) is 4. The van der Waals surface area contributed by atoms with E-state index in [9.17, 15) is 9.59 Å².